The highest BCUT2D eigenvalue weighted by atomic mass is 32.2. The lowest BCUT2D eigenvalue weighted by Crippen LogP contribution is -2.35. The largest absolute Gasteiger partial charge is 0.370 e. The van der Waals surface area contributed by atoms with E-state index in [1.165, 1.54) is 5.03 Å². The molecule has 1 unspecified atom stereocenters. The fourth-order valence-electron chi connectivity index (χ4n) is 1.61. The van der Waals surface area contributed by atoms with Gasteiger partial charge in [-0.1, -0.05) is 11.8 Å². The minimum Gasteiger partial charge on any atom is -0.370 e. The molecule has 1 atom stereocenters. The van der Waals surface area contributed by atoms with Gasteiger partial charge < -0.3 is 15.5 Å². The third-order valence-electron chi connectivity index (χ3n) is 2.44. The monoisotopic (exact) mass is 211 g/mol. The third kappa shape index (κ3) is 1.59. The summed E-state index contributed by atoms with van der Waals surface area (Å²) in [7, 11) is 0. The summed E-state index contributed by atoms with van der Waals surface area (Å²) in [6.07, 6.45) is 4.86. The van der Waals surface area contributed by atoms with Crippen LogP contribution < -0.4 is 5.73 Å². The van der Waals surface area contributed by atoms with Crippen LogP contribution >= 0.6 is 11.8 Å². The number of fused-ring (bicyclic) bond motifs is 1. The zero-order valence-electron chi connectivity index (χ0n) is 8.01. The Hall–Kier alpha value is -1.10. The van der Waals surface area contributed by atoms with Gasteiger partial charge in [0.1, 0.15) is 6.17 Å². The summed E-state index contributed by atoms with van der Waals surface area (Å²) in [6.45, 7) is 2.81. The molecule has 2 N–H and O–H groups in total. The number of nitrogens with zero attached hydrogens (tertiary/aromatic N) is 2. The van der Waals surface area contributed by atoms with Crippen LogP contribution in [0, 0.1) is 0 Å². The molecule has 0 spiro atoms. The Morgan fingerprint density at radius 1 is 1.71 bits per heavy atom. The van der Waals surface area contributed by atoms with Gasteiger partial charge >= 0.3 is 0 Å². The van der Waals surface area contributed by atoms with Crippen molar-refractivity contribution in [2.24, 2.45) is 5.73 Å². The van der Waals surface area contributed by atoms with Crippen molar-refractivity contribution in [3.63, 3.8) is 0 Å². The Morgan fingerprint density at radius 3 is 3.14 bits per heavy atom. The maximum atomic E-state index is 10.7. The molecule has 2 heterocycles. The van der Waals surface area contributed by atoms with Crippen molar-refractivity contribution in [2.75, 3.05) is 6.54 Å². The van der Waals surface area contributed by atoms with E-state index in [9.17, 15) is 4.79 Å². The Morgan fingerprint density at radius 2 is 2.50 bits per heavy atom. The first-order valence-corrected chi connectivity index (χ1v) is 5.44. The second kappa shape index (κ2) is 3.57. The zero-order valence-corrected chi connectivity index (χ0v) is 8.83. The van der Waals surface area contributed by atoms with Crippen molar-refractivity contribution < 1.29 is 4.79 Å². The second-order valence-electron chi connectivity index (χ2n) is 3.36. The van der Waals surface area contributed by atoms with E-state index in [0.29, 0.717) is 19.1 Å². The van der Waals surface area contributed by atoms with Crippen LogP contribution in [0.1, 0.15) is 13.3 Å². The summed E-state index contributed by atoms with van der Waals surface area (Å²) in [5.74, 6) is -0.245. The standard InChI is InChI=1S/C9H13N3OS/c1-7-11(3-2-8(10)13)6-9-12(7)4-5-14-9/h4-7H,2-3H2,1H3,(H2,10,13). The van der Waals surface area contributed by atoms with Crippen LogP contribution in [0.5, 0.6) is 0 Å². The van der Waals surface area contributed by atoms with E-state index in [2.05, 4.69) is 34.5 Å². The molecule has 0 saturated heterocycles. The highest BCUT2D eigenvalue weighted by Crippen LogP contribution is 2.36. The molecule has 5 heteroatoms. The lowest BCUT2D eigenvalue weighted by atomic mass is 10.3. The van der Waals surface area contributed by atoms with Crippen molar-refractivity contribution in [2.45, 2.75) is 19.5 Å². The summed E-state index contributed by atoms with van der Waals surface area (Å²) in [5.41, 5.74) is 5.11. The quantitative estimate of drug-likeness (QED) is 0.751. The van der Waals surface area contributed by atoms with Gasteiger partial charge in [0.25, 0.3) is 0 Å². The fraction of sp³-hybridized carbons (Fsp3) is 0.444. The lowest BCUT2D eigenvalue weighted by Gasteiger charge is -2.26. The third-order valence-corrected chi connectivity index (χ3v) is 3.26. The molecule has 2 aliphatic heterocycles. The van der Waals surface area contributed by atoms with E-state index in [1.807, 2.05) is 0 Å². The molecule has 0 aromatic carbocycles. The first-order valence-electron chi connectivity index (χ1n) is 4.56. The van der Waals surface area contributed by atoms with Crippen LogP contribution in [0.3, 0.4) is 0 Å². The number of nitrogens with two attached hydrogens (primary N) is 1. The number of rotatable bonds is 3. The molecular weight excluding hydrogens is 198 g/mol. The number of primary amides is 1. The van der Waals surface area contributed by atoms with E-state index < -0.39 is 0 Å². The van der Waals surface area contributed by atoms with Crippen LogP contribution in [-0.4, -0.2) is 28.4 Å². The Balaban J connectivity index is 1.96. The average molecular weight is 211 g/mol. The number of hydrogen-bond acceptors (Lipinski definition) is 4. The zero-order chi connectivity index (χ0) is 10.1. The molecule has 0 aliphatic carbocycles. The van der Waals surface area contributed by atoms with E-state index in [0.717, 1.165) is 0 Å². The SMILES string of the molecule is CC1N(CCC(N)=O)C=C2SC=CN21. The van der Waals surface area contributed by atoms with Gasteiger partial charge in [0.15, 0.2) is 0 Å². The Kier molecular flexibility index (Phi) is 2.41. The molecule has 0 aromatic heterocycles. The topological polar surface area (TPSA) is 49.6 Å². The molecule has 1 amide bonds. The molecule has 0 radical (unpaired) electrons. The van der Waals surface area contributed by atoms with Gasteiger partial charge in [0, 0.05) is 25.4 Å². The molecule has 2 rings (SSSR count). The maximum Gasteiger partial charge on any atom is 0.219 e. The van der Waals surface area contributed by atoms with Gasteiger partial charge in [0.2, 0.25) is 5.91 Å². The molecular formula is C9H13N3OS. The smallest absolute Gasteiger partial charge is 0.219 e. The Bertz CT molecular complexity index is 313. The number of carbonyl (C=O) groups is 1. The number of carbonyl (C=O) groups excluding carboxylic acids is 1. The summed E-state index contributed by atoms with van der Waals surface area (Å²) in [4.78, 5) is 15.0. The number of thioether (sulfide) groups is 1. The molecule has 0 aromatic rings. The van der Waals surface area contributed by atoms with Crippen molar-refractivity contribution in [1.82, 2.24) is 9.80 Å². The van der Waals surface area contributed by atoms with Crippen LogP contribution in [0.15, 0.2) is 22.8 Å². The van der Waals surface area contributed by atoms with E-state index in [4.69, 9.17) is 5.73 Å². The number of hydrogen-bond donors (Lipinski definition) is 1. The molecule has 4 nitrogen and oxygen atoms in total. The van der Waals surface area contributed by atoms with Crippen molar-refractivity contribution in [3.8, 4) is 0 Å². The molecule has 14 heavy (non-hydrogen) atoms. The van der Waals surface area contributed by atoms with Crippen molar-refractivity contribution in [3.05, 3.63) is 22.8 Å². The Labute approximate surface area is 87.4 Å². The summed E-state index contributed by atoms with van der Waals surface area (Å²) < 4.78 is 0. The van der Waals surface area contributed by atoms with Gasteiger partial charge in [-0.25, -0.2) is 0 Å². The second-order valence-corrected chi connectivity index (χ2v) is 4.29. The van der Waals surface area contributed by atoms with Gasteiger partial charge in [-0.2, -0.15) is 0 Å². The minimum atomic E-state index is -0.245. The van der Waals surface area contributed by atoms with Crippen molar-refractivity contribution in [1.29, 1.82) is 0 Å². The normalized spacial score (nSPS) is 24.1. The van der Waals surface area contributed by atoms with Crippen LogP contribution in [-0.2, 0) is 4.79 Å². The number of amides is 1. The van der Waals surface area contributed by atoms with Gasteiger partial charge in [-0.15, -0.1) is 0 Å². The summed E-state index contributed by atoms with van der Waals surface area (Å²) in [6, 6.07) is 0. The first-order chi connectivity index (χ1) is 6.68. The van der Waals surface area contributed by atoms with Gasteiger partial charge in [0.05, 0.1) is 5.03 Å². The van der Waals surface area contributed by atoms with E-state index >= 15 is 0 Å². The predicted octanol–water partition coefficient (Wildman–Crippen LogP) is 0.842. The average Bonchev–Trinajstić information content (AvgIpc) is 2.66. The molecule has 0 saturated carbocycles. The van der Waals surface area contributed by atoms with Crippen LogP contribution in [0.25, 0.3) is 0 Å². The van der Waals surface area contributed by atoms with E-state index in [1.54, 1.807) is 11.8 Å². The fourth-order valence-corrected chi connectivity index (χ4v) is 2.47. The van der Waals surface area contributed by atoms with Crippen LogP contribution in [0.2, 0.25) is 0 Å². The first kappa shape index (κ1) is 9.45. The highest BCUT2D eigenvalue weighted by molar-refractivity contribution is 8.06. The van der Waals surface area contributed by atoms with Gasteiger partial charge in [-0.05, 0) is 12.3 Å². The summed E-state index contributed by atoms with van der Waals surface area (Å²) >= 11 is 1.70. The predicted molar refractivity (Wildman–Crippen MR) is 56.6 cm³/mol. The molecule has 2 aliphatic rings. The minimum absolute atomic E-state index is 0.245. The maximum absolute atomic E-state index is 10.7. The lowest BCUT2D eigenvalue weighted by molar-refractivity contribution is -0.118. The van der Waals surface area contributed by atoms with Crippen LogP contribution in [0.4, 0.5) is 0 Å². The highest BCUT2D eigenvalue weighted by Gasteiger charge is 2.29. The van der Waals surface area contributed by atoms with Crippen molar-refractivity contribution >= 4 is 17.7 Å². The molecule has 76 valence electrons. The van der Waals surface area contributed by atoms with E-state index in [-0.39, 0.29) is 5.91 Å². The van der Waals surface area contributed by atoms with Gasteiger partial charge in [-0.3, -0.25) is 4.79 Å². The molecule has 0 fully saturated rings. The molecule has 0 bridgehead atoms. The summed E-state index contributed by atoms with van der Waals surface area (Å²) in [5, 5.41) is 3.29.